The molecule has 0 saturated heterocycles. The Morgan fingerprint density at radius 2 is 1.85 bits per heavy atom. The summed E-state index contributed by atoms with van der Waals surface area (Å²) in [6.45, 7) is 3.78. The van der Waals surface area contributed by atoms with E-state index in [0.29, 0.717) is 28.6 Å². The molecule has 0 saturated carbocycles. The van der Waals surface area contributed by atoms with Crippen molar-refractivity contribution < 1.29 is 8.78 Å². The predicted octanol–water partition coefficient (Wildman–Crippen LogP) is 3.19. The standard InChI is InChI=1S/C17H15F2N7/c1-9-6-10(2)26(24-9)17-22-15(14-16(23-17)25(3)8-20-14)21-11-4-5-12(18)13(19)7-11/h4-8H,1-3H3,(H,21,22,23). The molecule has 132 valence electrons. The maximum absolute atomic E-state index is 13.5. The molecule has 26 heavy (non-hydrogen) atoms. The molecule has 4 aromatic rings. The van der Waals surface area contributed by atoms with E-state index in [-0.39, 0.29) is 0 Å². The van der Waals surface area contributed by atoms with Crippen LogP contribution in [0.3, 0.4) is 0 Å². The number of hydrogen-bond acceptors (Lipinski definition) is 5. The Bertz CT molecular complexity index is 1130. The molecular weight excluding hydrogens is 340 g/mol. The van der Waals surface area contributed by atoms with Gasteiger partial charge in [-0.15, -0.1) is 0 Å². The lowest BCUT2D eigenvalue weighted by Crippen LogP contribution is -2.08. The molecule has 3 heterocycles. The van der Waals surface area contributed by atoms with Crippen molar-refractivity contribution in [2.24, 2.45) is 7.05 Å². The minimum absolute atomic E-state index is 0.355. The Morgan fingerprint density at radius 1 is 1.04 bits per heavy atom. The van der Waals surface area contributed by atoms with E-state index in [0.717, 1.165) is 23.5 Å². The van der Waals surface area contributed by atoms with E-state index >= 15 is 0 Å². The second-order valence-corrected chi connectivity index (χ2v) is 5.99. The van der Waals surface area contributed by atoms with Crippen molar-refractivity contribution in [3.8, 4) is 5.95 Å². The first kappa shape index (κ1) is 16.1. The molecule has 0 fully saturated rings. The Balaban J connectivity index is 1.87. The van der Waals surface area contributed by atoms with E-state index in [1.54, 1.807) is 15.6 Å². The monoisotopic (exact) mass is 355 g/mol. The van der Waals surface area contributed by atoms with Gasteiger partial charge < -0.3 is 9.88 Å². The molecule has 4 rings (SSSR count). The normalized spacial score (nSPS) is 11.3. The summed E-state index contributed by atoms with van der Waals surface area (Å²) in [5.41, 5.74) is 3.18. The zero-order valence-electron chi connectivity index (χ0n) is 14.3. The van der Waals surface area contributed by atoms with E-state index in [1.165, 1.54) is 6.07 Å². The summed E-state index contributed by atoms with van der Waals surface area (Å²) in [6.07, 6.45) is 1.61. The minimum Gasteiger partial charge on any atom is -0.338 e. The van der Waals surface area contributed by atoms with Crippen molar-refractivity contribution in [2.45, 2.75) is 13.8 Å². The summed E-state index contributed by atoms with van der Waals surface area (Å²) < 4.78 is 30.1. The number of halogens is 2. The van der Waals surface area contributed by atoms with Gasteiger partial charge in [-0.2, -0.15) is 15.1 Å². The highest BCUT2D eigenvalue weighted by Gasteiger charge is 2.16. The molecule has 0 radical (unpaired) electrons. The zero-order valence-corrected chi connectivity index (χ0v) is 14.3. The Labute approximate surface area is 147 Å². The average Bonchev–Trinajstić information content (AvgIpc) is 3.13. The molecular formula is C17H15F2N7. The molecule has 0 atom stereocenters. The van der Waals surface area contributed by atoms with Crippen LogP contribution in [0.4, 0.5) is 20.3 Å². The lowest BCUT2D eigenvalue weighted by atomic mass is 10.3. The third-order valence-electron chi connectivity index (χ3n) is 3.93. The van der Waals surface area contributed by atoms with E-state index in [9.17, 15) is 8.78 Å². The van der Waals surface area contributed by atoms with Gasteiger partial charge in [-0.05, 0) is 32.0 Å². The largest absolute Gasteiger partial charge is 0.338 e. The number of anilines is 2. The van der Waals surface area contributed by atoms with Crippen molar-refractivity contribution in [3.63, 3.8) is 0 Å². The molecule has 0 bridgehead atoms. The number of benzene rings is 1. The second-order valence-electron chi connectivity index (χ2n) is 5.99. The van der Waals surface area contributed by atoms with Gasteiger partial charge in [-0.3, -0.25) is 0 Å². The van der Waals surface area contributed by atoms with Crippen LogP contribution >= 0.6 is 0 Å². The highest BCUT2D eigenvalue weighted by molar-refractivity contribution is 5.85. The van der Waals surface area contributed by atoms with Crippen molar-refractivity contribution in [3.05, 3.63) is 53.6 Å². The number of fused-ring (bicyclic) bond motifs is 1. The van der Waals surface area contributed by atoms with Crippen molar-refractivity contribution >= 4 is 22.7 Å². The molecule has 0 aliphatic carbocycles. The molecule has 9 heteroatoms. The fourth-order valence-corrected chi connectivity index (χ4v) is 2.72. The summed E-state index contributed by atoms with van der Waals surface area (Å²) in [5.74, 6) is -1.12. The first-order valence-corrected chi connectivity index (χ1v) is 7.87. The lowest BCUT2D eigenvalue weighted by Gasteiger charge is -2.10. The third-order valence-corrected chi connectivity index (χ3v) is 3.93. The molecule has 1 N–H and O–H groups in total. The Hall–Kier alpha value is -3.36. The first-order chi connectivity index (χ1) is 12.4. The zero-order chi connectivity index (χ0) is 18.4. The Kier molecular flexibility index (Phi) is 3.64. The summed E-state index contributed by atoms with van der Waals surface area (Å²) >= 11 is 0. The van der Waals surface area contributed by atoms with Gasteiger partial charge in [-0.25, -0.2) is 18.4 Å². The van der Waals surface area contributed by atoms with Gasteiger partial charge >= 0.3 is 0 Å². The molecule has 3 aromatic heterocycles. The van der Waals surface area contributed by atoms with Crippen molar-refractivity contribution in [2.75, 3.05) is 5.32 Å². The Morgan fingerprint density at radius 3 is 2.54 bits per heavy atom. The van der Waals surface area contributed by atoms with Crippen LogP contribution in [0.5, 0.6) is 0 Å². The van der Waals surface area contributed by atoms with E-state index in [1.807, 2.05) is 27.0 Å². The summed E-state index contributed by atoms with van der Waals surface area (Å²) in [7, 11) is 1.81. The second kappa shape index (κ2) is 5.87. The number of hydrogen-bond donors (Lipinski definition) is 1. The molecule has 0 aliphatic heterocycles. The van der Waals surface area contributed by atoms with Crippen molar-refractivity contribution in [1.82, 2.24) is 29.3 Å². The SMILES string of the molecule is Cc1cc(C)n(-c2nc(Nc3ccc(F)c(F)c3)c3ncn(C)c3n2)n1. The van der Waals surface area contributed by atoms with Gasteiger partial charge in [-0.1, -0.05) is 0 Å². The lowest BCUT2D eigenvalue weighted by molar-refractivity contribution is 0.509. The third kappa shape index (κ3) is 2.67. The van der Waals surface area contributed by atoms with E-state index in [4.69, 9.17) is 0 Å². The molecule has 0 amide bonds. The number of nitrogens with one attached hydrogen (secondary N) is 1. The van der Waals surface area contributed by atoms with Crippen LogP contribution < -0.4 is 5.32 Å². The van der Waals surface area contributed by atoms with Gasteiger partial charge in [0, 0.05) is 24.5 Å². The van der Waals surface area contributed by atoms with Crippen LogP contribution in [0, 0.1) is 25.5 Å². The summed E-state index contributed by atoms with van der Waals surface area (Å²) in [5, 5.41) is 7.39. The van der Waals surface area contributed by atoms with Crippen molar-refractivity contribution in [1.29, 1.82) is 0 Å². The quantitative estimate of drug-likeness (QED) is 0.611. The number of aromatic nitrogens is 6. The smallest absolute Gasteiger partial charge is 0.254 e. The van der Waals surface area contributed by atoms with Crippen LogP contribution in [0.25, 0.3) is 17.1 Å². The molecule has 0 spiro atoms. The number of aryl methyl sites for hydroxylation is 3. The molecule has 1 aromatic carbocycles. The molecule has 7 nitrogen and oxygen atoms in total. The van der Waals surface area contributed by atoms with Crippen LogP contribution in [0.1, 0.15) is 11.4 Å². The topological polar surface area (TPSA) is 73.5 Å². The van der Waals surface area contributed by atoms with Crippen LogP contribution in [-0.4, -0.2) is 29.3 Å². The molecule has 0 unspecified atom stereocenters. The summed E-state index contributed by atoms with van der Waals surface area (Å²) in [6, 6.07) is 5.46. The average molecular weight is 355 g/mol. The van der Waals surface area contributed by atoms with Crippen LogP contribution in [-0.2, 0) is 7.05 Å². The maximum atomic E-state index is 13.5. The van der Waals surface area contributed by atoms with Gasteiger partial charge in [0.05, 0.1) is 12.0 Å². The predicted molar refractivity (Wildman–Crippen MR) is 92.5 cm³/mol. The first-order valence-electron chi connectivity index (χ1n) is 7.87. The number of rotatable bonds is 3. The van der Waals surface area contributed by atoms with E-state index < -0.39 is 11.6 Å². The highest BCUT2D eigenvalue weighted by atomic mass is 19.2. The van der Waals surface area contributed by atoms with Gasteiger partial charge in [0.2, 0.25) is 0 Å². The number of imidazole rings is 1. The van der Waals surface area contributed by atoms with Crippen LogP contribution in [0.15, 0.2) is 30.6 Å². The maximum Gasteiger partial charge on any atom is 0.254 e. The fourth-order valence-electron chi connectivity index (χ4n) is 2.72. The summed E-state index contributed by atoms with van der Waals surface area (Å²) in [4.78, 5) is 13.3. The highest BCUT2D eigenvalue weighted by Crippen LogP contribution is 2.25. The van der Waals surface area contributed by atoms with Gasteiger partial charge in [0.15, 0.2) is 28.6 Å². The minimum atomic E-state index is -0.944. The van der Waals surface area contributed by atoms with Crippen LogP contribution in [0.2, 0.25) is 0 Å². The molecule has 0 aliphatic rings. The fraction of sp³-hybridized carbons (Fsp3) is 0.176. The van der Waals surface area contributed by atoms with Gasteiger partial charge in [0.1, 0.15) is 0 Å². The van der Waals surface area contributed by atoms with Gasteiger partial charge in [0.25, 0.3) is 5.95 Å². The van der Waals surface area contributed by atoms with E-state index in [2.05, 4.69) is 25.4 Å². The number of nitrogens with zero attached hydrogens (tertiary/aromatic N) is 6.